The molecule has 2 aromatic rings. The quantitative estimate of drug-likeness (QED) is 0.836. The number of benzene rings is 1. The van der Waals surface area contributed by atoms with Crippen LogP contribution in [0.15, 0.2) is 34.9 Å². The number of aromatic nitrogens is 2. The average molecular weight is 233 g/mol. The van der Waals surface area contributed by atoms with Gasteiger partial charge in [0.2, 0.25) is 5.82 Å². The number of aliphatic hydroxyl groups excluding tert-OH is 1. The summed E-state index contributed by atoms with van der Waals surface area (Å²) in [4.78, 5) is 4.14. The summed E-state index contributed by atoms with van der Waals surface area (Å²) < 4.78 is 5.09. The van der Waals surface area contributed by atoms with Crippen molar-refractivity contribution in [3.05, 3.63) is 36.2 Å². The van der Waals surface area contributed by atoms with Gasteiger partial charge in [0.1, 0.15) is 6.10 Å². The Bertz CT molecular complexity index is 470. The molecule has 0 saturated carbocycles. The Morgan fingerprint density at radius 2 is 2.06 bits per heavy atom. The van der Waals surface area contributed by atoms with Crippen LogP contribution in [-0.4, -0.2) is 21.3 Å². The lowest BCUT2D eigenvalue weighted by Crippen LogP contribution is -2.28. The van der Waals surface area contributed by atoms with Crippen LogP contribution in [0.25, 0.3) is 11.5 Å². The van der Waals surface area contributed by atoms with Crippen molar-refractivity contribution < 1.29 is 9.63 Å². The van der Waals surface area contributed by atoms with E-state index in [1.165, 1.54) is 0 Å². The fourth-order valence-corrected chi connectivity index (χ4v) is 1.47. The monoisotopic (exact) mass is 233 g/mol. The highest BCUT2D eigenvalue weighted by atomic mass is 16.5. The zero-order valence-corrected chi connectivity index (χ0v) is 9.58. The summed E-state index contributed by atoms with van der Waals surface area (Å²) in [5.74, 6) is 0.626. The molecule has 0 radical (unpaired) electrons. The molecule has 0 aliphatic rings. The minimum Gasteiger partial charge on any atom is -0.383 e. The molecule has 0 spiro atoms. The molecule has 0 amide bonds. The van der Waals surface area contributed by atoms with Gasteiger partial charge in [-0.2, -0.15) is 4.98 Å². The van der Waals surface area contributed by atoms with Crippen LogP contribution >= 0.6 is 0 Å². The average Bonchev–Trinajstić information content (AvgIpc) is 2.87. The van der Waals surface area contributed by atoms with E-state index in [0.29, 0.717) is 12.3 Å². The van der Waals surface area contributed by atoms with Crippen molar-refractivity contribution in [1.29, 1.82) is 0 Å². The van der Waals surface area contributed by atoms with Crippen LogP contribution in [0.1, 0.15) is 25.3 Å². The summed E-state index contributed by atoms with van der Waals surface area (Å²) in [6.07, 6.45) is -0.239. The Hall–Kier alpha value is -1.72. The van der Waals surface area contributed by atoms with Gasteiger partial charge in [-0.05, 0) is 18.6 Å². The standard InChI is InChI=1S/C12H15N3O2/c1-2-9(13)10(16)11-14-12(17-15-11)8-6-4-3-5-7-8/h3-7,9-10,16H,2,13H2,1H3/t9-,10?/m0/s1. The fourth-order valence-electron chi connectivity index (χ4n) is 1.47. The molecule has 2 atom stereocenters. The number of nitrogens with two attached hydrogens (primary N) is 1. The molecule has 2 rings (SSSR count). The summed E-state index contributed by atoms with van der Waals surface area (Å²) in [7, 11) is 0. The minimum absolute atomic E-state index is 0.234. The van der Waals surface area contributed by atoms with Gasteiger partial charge in [0.05, 0.1) is 0 Å². The number of hydrogen-bond donors (Lipinski definition) is 2. The smallest absolute Gasteiger partial charge is 0.258 e. The van der Waals surface area contributed by atoms with Gasteiger partial charge in [0.25, 0.3) is 5.89 Å². The lowest BCUT2D eigenvalue weighted by molar-refractivity contribution is 0.132. The Morgan fingerprint density at radius 3 is 2.71 bits per heavy atom. The molecule has 17 heavy (non-hydrogen) atoms. The van der Waals surface area contributed by atoms with Crippen LogP contribution in [0.2, 0.25) is 0 Å². The van der Waals surface area contributed by atoms with Crippen molar-refractivity contribution in [3.8, 4) is 11.5 Å². The SMILES string of the molecule is CC[C@H](N)C(O)c1noc(-c2ccccc2)n1. The highest BCUT2D eigenvalue weighted by molar-refractivity contribution is 5.52. The van der Waals surface area contributed by atoms with Crippen molar-refractivity contribution in [1.82, 2.24) is 10.1 Å². The first-order chi connectivity index (χ1) is 8.22. The van der Waals surface area contributed by atoms with Gasteiger partial charge in [-0.15, -0.1) is 0 Å². The zero-order valence-electron chi connectivity index (χ0n) is 9.58. The molecule has 1 aromatic heterocycles. The van der Waals surface area contributed by atoms with E-state index >= 15 is 0 Å². The number of hydrogen-bond acceptors (Lipinski definition) is 5. The first kappa shape index (κ1) is 11.8. The van der Waals surface area contributed by atoms with Gasteiger partial charge < -0.3 is 15.4 Å². The minimum atomic E-state index is -0.888. The predicted molar refractivity (Wildman–Crippen MR) is 63.0 cm³/mol. The van der Waals surface area contributed by atoms with Crippen molar-refractivity contribution >= 4 is 0 Å². The highest BCUT2D eigenvalue weighted by Crippen LogP contribution is 2.20. The van der Waals surface area contributed by atoms with Crippen LogP contribution < -0.4 is 5.73 Å². The second-order valence-electron chi connectivity index (χ2n) is 3.84. The predicted octanol–water partition coefficient (Wildman–Crippen LogP) is 1.51. The van der Waals surface area contributed by atoms with Gasteiger partial charge in [-0.1, -0.05) is 30.3 Å². The van der Waals surface area contributed by atoms with E-state index in [-0.39, 0.29) is 11.9 Å². The summed E-state index contributed by atoms with van der Waals surface area (Å²) in [6.45, 7) is 1.89. The van der Waals surface area contributed by atoms with Crippen LogP contribution in [-0.2, 0) is 0 Å². The molecular weight excluding hydrogens is 218 g/mol. The third kappa shape index (κ3) is 2.51. The van der Waals surface area contributed by atoms with Gasteiger partial charge in [0, 0.05) is 11.6 Å². The zero-order chi connectivity index (χ0) is 12.3. The van der Waals surface area contributed by atoms with Crippen molar-refractivity contribution in [2.45, 2.75) is 25.5 Å². The number of nitrogens with zero attached hydrogens (tertiary/aromatic N) is 2. The Balaban J connectivity index is 2.22. The van der Waals surface area contributed by atoms with Gasteiger partial charge in [0.15, 0.2) is 0 Å². The van der Waals surface area contributed by atoms with Crippen molar-refractivity contribution in [2.24, 2.45) is 5.73 Å². The third-order valence-corrected chi connectivity index (χ3v) is 2.60. The molecule has 90 valence electrons. The maximum absolute atomic E-state index is 9.84. The maximum atomic E-state index is 9.84. The van der Waals surface area contributed by atoms with E-state index in [1.54, 1.807) is 0 Å². The van der Waals surface area contributed by atoms with Crippen LogP contribution in [0.3, 0.4) is 0 Å². The maximum Gasteiger partial charge on any atom is 0.258 e. The lowest BCUT2D eigenvalue weighted by atomic mass is 10.1. The van der Waals surface area contributed by atoms with E-state index < -0.39 is 6.10 Å². The topological polar surface area (TPSA) is 85.2 Å². The largest absolute Gasteiger partial charge is 0.383 e. The molecule has 5 nitrogen and oxygen atoms in total. The lowest BCUT2D eigenvalue weighted by Gasteiger charge is -2.12. The van der Waals surface area contributed by atoms with E-state index in [4.69, 9.17) is 10.3 Å². The van der Waals surface area contributed by atoms with E-state index in [2.05, 4.69) is 10.1 Å². The normalized spacial score (nSPS) is 14.5. The second kappa shape index (κ2) is 5.07. The second-order valence-corrected chi connectivity index (χ2v) is 3.84. The highest BCUT2D eigenvalue weighted by Gasteiger charge is 2.21. The summed E-state index contributed by atoms with van der Waals surface area (Å²) in [6, 6.07) is 9.02. The van der Waals surface area contributed by atoms with Gasteiger partial charge >= 0.3 is 0 Å². The molecule has 1 unspecified atom stereocenters. The Morgan fingerprint density at radius 1 is 1.35 bits per heavy atom. The van der Waals surface area contributed by atoms with Crippen LogP contribution in [0.4, 0.5) is 0 Å². The summed E-state index contributed by atoms with van der Waals surface area (Å²) in [5, 5.41) is 13.6. The molecule has 0 bridgehead atoms. The van der Waals surface area contributed by atoms with Gasteiger partial charge in [-0.3, -0.25) is 0 Å². The fraction of sp³-hybridized carbons (Fsp3) is 0.333. The molecule has 3 N–H and O–H groups in total. The summed E-state index contributed by atoms with van der Waals surface area (Å²) in [5.41, 5.74) is 6.55. The molecule has 0 aliphatic heterocycles. The van der Waals surface area contributed by atoms with E-state index in [9.17, 15) is 5.11 Å². The van der Waals surface area contributed by atoms with Crippen LogP contribution in [0, 0.1) is 0 Å². The Kier molecular flexibility index (Phi) is 3.51. The van der Waals surface area contributed by atoms with E-state index in [1.807, 2.05) is 37.3 Å². The molecular formula is C12H15N3O2. The Labute approximate surface area is 99.3 Å². The first-order valence-corrected chi connectivity index (χ1v) is 5.55. The molecule has 0 saturated heterocycles. The van der Waals surface area contributed by atoms with Gasteiger partial charge in [-0.25, -0.2) is 0 Å². The molecule has 1 aromatic carbocycles. The number of rotatable bonds is 4. The molecule has 0 aliphatic carbocycles. The summed E-state index contributed by atoms with van der Waals surface area (Å²) >= 11 is 0. The first-order valence-electron chi connectivity index (χ1n) is 5.55. The molecule has 0 fully saturated rings. The molecule has 1 heterocycles. The van der Waals surface area contributed by atoms with E-state index in [0.717, 1.165) is 5.56 Å². The number of aliphatic hydroxyl groups is 1. The van der Waals surface area contributed by atoms with Crippen molar-refractivity contribution in [2.75, 3.05) is 0 Å². The molecule has 5 heteroatoms. The van der Waals surface area contributed by atoms with Crippen LogP contribution in [0.5, 0.6) is 0 Å². The van der Waals surface area contributed by atoms with Crippen molar-refractivity contribution in [3.63, 3.8) is 0 Å². The third-order valence-electron chi connectivity index (χ3n) is 2.60.